The molecule has 1 saturated heterocycles. The van der Waals surface area contributed by atoms with Gasteiger partial charge in [-0.15, -0.1) is 5.10 Å². The molecule has 3 heterocycles. The molecule has 0 bridgehead atoms. The van der Waals surface area contributed by atoms with Crippen molar-refractivity contribution in [3.63, 3.8) is 0 Å². The van der Waals surface area contributed by atoms with Crippen molar-refractivity contribution in [1.82, 2.24) is 35.2 Å². The molecule has 1 aromatic carbocycles. The van der Waals surface area contributed by atoms with E-state index in [1.165, 1.54) is 0 Å². The van der Waals surface area contributed by atoms with Gasteiger partial charge in [0.2, 0.25) is 0 Å². The molecule has 1 fully saturated rings. The second-order valence-electron chi connectivity index (χ2n) is 6.83. The second-order valence-corrected chi connectivity index (χ2v) is 6.83. The zero-order valence-electron chi connectivity index (χ0n) is 15.6. The Morgan fingerprint density at radius 1 is 1.30 bits per heavy atom. The van der Waals surface area contributed by atoms with Gasteiger partial charge in [-0.3, -0.25) is 4.79 Å². The summed E-state index contributed by atoms with van der Waals surface area (Å²) in [6.45, 7) is 5.43. The fourth-order valence-corrected chi connectivity index (χ4v) is 3.68. The fourth-order valence-electron chi connectivity index (χ4n) is 3.68. The predicted octanol–water partition coefficient (Wildman–Crippen LogP) is 1.54. The maximum atomic E-state index is 12.4. The lowest BCUT2D eigenvalue weighted by molar-refractivity contribution is 0.0949. The number of fused-ring (bicyclic) bond motifs is 1. The number of hydrogen-bond acceptors (Lipinski definition) is 5. The molecule has 1 aliphatic heterocycles. The molecule has 1 amide bonds. The van der Waals surface area contributed by atoms with E-state index in [0.29, 0.717) is 24.7 Å². The van der Waals surface area contributed by atoms with Crippen LogP contribution in [-0.2, 0) is 13.0 Å². The van der Waals surface area contributed by atoms with Crippen LogP contribution in [0, 0.1) is 0 Å². The van der Waals surface area contributed by atoms with E-state index in [2.05, 4.69) is 38.5 Å². The molecule has 0 radical (unpaired) electrons. The van der Waals surface area contributed by atoms with Gasteiger partial charge in [0, 0.05) is 19.5 Å². The van der Waals surface area contributed by atoms with Gasteiger partial charge in [-0.25, -0.2) is 9.67 Å². The van der Waals surface area contributed by atoms with Crippen LogP contribution < -0.4 is 10.6 Å². The number of aromatic nitrogens is 5. The van der Waals surface area contributed by atoms with Crippen LogP contribution in [0.3, 0.4) is 0 Å². The highest BCUT2D eigenvalue weighted by Crippen LogP contribution is 2.17. The number of aryl methyl sites for hydroxylation is 1. The van der Waals surface area contributed by atoms with Gasteiger partial charge in [0.25, 0.3) is 5.91 Å². The SMILES string of the molecule is CCn1c(CCNC(=O)c2cn(C3CCNCC3)nn2)nc2ccccc21. The van der Waals surface area contributed by atoms with Crippen LogP contribution in [0.1, 0.15) is 42.1 Å². The van der Waals surface area contributed by atoms with Crippen LogP contribution in [0.4, 0.5) is 0 Å². The van der Waals surface area contributed by atoms with Crippen LogP contribution in [0.2, 0.25) is 0 Å². The first-order valence-corrected chi connectivity index (χ1v) is 9.61. The zero-order valence-corrected chi connectivity index (χ0v) is 15.6. The van der Waals surface area contributed by atoms with Crippen molar-refractivity contribution in [2.45, 2.75) is 38.8 Å². The minimum atomic E-state index is -0.186. The van der Waals surface area contributed by atoms with Gasteiger partial charge in [0.15, 0.2) is 5.69 Å². The van der Waals surface area contributed by atoms with Crippen molar-refractivity contribution >= 4 is 16.9 Å². The van der Waals surface area contributed by atoms with Crippen molar-refractivity contribution in [1.29, 1.82) is 0 Å². The van der Waals surface area contributed by atoms with Gasteiger partial charge >= 0.3 is 0 Å². The smallest absolute Gasteiger partial charge is 0.273 e. The van der Waals surface area contributed by atoms with Gasteiger partial charge in [0.1, 0.15) is 5.82 Å². The number of carbonyl (C=O) groups excluding carboxylic acids is 1. The highest BCUT2D eigenvalue weighted by molar-refractivity contribution is 5.91. The molecule has 0 spiro atoms. The molecule has 3 aromatic rings. The highest BCUT2D eigenvalue weighted by atomic mass is 16.2. The van der Waals surface area contributed by atoms with Crippen molar-refractivity contribution in [2.24, 2.45) is 0 Å². The Bertz CT molecular complexity index is 923. The average Bonchev–Trinajstić information content (AvgIpc) is 3.33. The lowest BCUT2D eigenvalue weighted by atomic mass is 10.1. The van der Waals surface area contributed by atoms with Crippen LogP contribution in [0.25, 0.3) is 11.0 Å². The van der Waals surface area contributed by atoms with Crippen molar-refractivity contribution in [2.75, 3.05) is 19.6 Å². The maximum Gasteiger partial charge on any atom is 0.273 e. The summed E-state index contributed by atoms with van der Waals surface area (Å²) in [5.41, 5.74) is 2.49. The van der Waals surface area contributed by atoms with E-state index in [9.17, 15) is 4.79 Å². The summed E-state index contributed by atoms with van der Waals surface area (Å²) in [5.74, 6) is 0.798. The number of nitrogens with one attached hydrogen (secondary N) is 2. The number of rotatable bonds is 6. The van der Waals surface area contributed by atoms with Crippen LogP contribution in [-0.4, -0.2) is 50.1 Å². The minimum Gasteiger partial charge on any atom is -0.350 e. The third-order valence-corrected chi connectivity index (χ3v) is 5.11. The Hall–Kier alpha value is -2.74. The Morgan fingerprint density at radius 3 is 2.93 bits per heavy atom. The molecule has 0 aliphatic carbocycles. The molecule has 0 unspecified atom stereocenters. The number of piperidine rings is 1. The van der Waals surface area contributed by atoms with Gasteiger partial charge in [-0.2, -0.15) is 0 Å². The number of amides is 1. The number of imidazole rings is 1. The third-order valence-electron chi connectivity index (χ3n) is 5.11. The standard InChI is InChI=1S/C19H25N7O/c1-2-25-17-6-4-3-5-15(17)22-18(25)9-12-21-19(27)16-13-26(24-23-16)14-7-10-20-11-8-14/h3-6,13-14,20H,2,7-12H2,1H3,(H,21,27). The summed E-state index contributed by atoms with van der Waals surface area (Å²) in [4.78, 5) is 17.1. The van der Waals surface area contributed by atoms with Crippen LogP contribution >= 0.6 is 0 Å². The Morgan fingerprint density at radius 2 is 2.11 bits per heavy atom. The lowest BCUT2D eigenvalue weighted by Gasteiger charge is -2.22. The Kier molecular flexibility index (Phi) is 5.15. The summed E-state index contributed by atoms with van der Waals surface area (Å²) < 4.78 is 4.02. The first kappa shape index (κ1) is 17.7. The molecular formula is C19H25N7O. The van der Waals surface area contributed by atoms with E-state index >= 15 is 0 Å². The van der Waals surface area contributed by atoms with E-state index in [1.54, 1.807) is 6.20 Å². The number of para-hydroxylation sites is 2. The average molecular weight is 367 g/mol. The molecular weight excluding hydrogens is 342 g/mol. The zero-order chi connectivity index (χ0) is 18.6. The molecule has 2 aromatic heterocycles. The monoisotopic (exact) mass is 367 g/mol. The van der Waals surface area contributed by atoms with Crippen LogP contribution in [0.5, 0.6) is 0 Å². The molecule has 1 aliphatic rings. The molecule has 27 heavy (non-hydrogen) atoms. The summed E-state index contributed by atoms with van der Waals surface area (Å²) in [6, 6.07) is 8.43. The van der Waals surface area contributed by atoms with Gasteiger partial charge < -0.3 is 15.2 Å². The summed E-state index contributed by atoms with van der Waals surface area (Å²) >= 11 is 0. The highest BCUT2D eigenvalue weighted by Gasteiger charge is 2.18. The van der Waals surface area contributed by atoms with E-state index in [4.69, 9.17) is 4.98 Å². The first-order valence-electron chi connectivity index (χ1n) is 9.61. The van der Waals surface area contributed by atoms with Crippen molar-refractivity contribution in [3.05, 3.63) is 42.0 Å². The molecule has 4 rings (SSSR count). The van der Waals surface area contributed by atoms with Gasteiger partial charge in [-0.1, -0.05) is 17.3 Å². The molecule has 0 atom stereocenters. The molecule has 142 valence electrons. The number of hydrogen-bond donors (Lipinski definition) is 2. The normalized spacial score (nSPS) is 15.3. The molecule has 0 saturated carbocycles. The number of benzene rings is 1. The molecule has 8 heteroatoms. The second kappa shape index (κ2) is 7.87. The summed E-state index contributed by atoms with van der Waals surface area (Å²) in [6.07, 6.45) is 4.46. The van der Waals surface area contributed by atoms with E-state index < -0.39 is 0 Å². The lowest BCUT2D eigenvalue weighted by Crippen LogP contribution is -2.29. The first-order chi connectivity index (χ1) is 13.3. The summed E-state index contributed by atoms with van der Waals surface area (Å²) in [5, 5.41) is 14.5. The van der Waals surface area contributed by atoms with Crippen molar-refractivity contribution < 1.29 is 4.79 Å². The third kappa shape index (κ3) is 3.71. The van der Waals surface area contributed by atoms with Crippen LogP contribution in [0.15, 0.2) is 30.5 Å². The van der Waals surface area contributed by atoms with E-state index in [-0.39, 0.29) is 5.91 Å². The minimum absolute atomic E-state index is 0.186. The number of nitrogens with zero attached hydrogens (tertiary/aromatic N) is 5. The van der Waals surface area contributed by atoms with Gasteiger partial charge in [0.05, 0.1) is 23.3 Å². The predicted molar refractivity (Wildman–Crippen MR) is 103 cm³/mol. The fraction of sp³-hybridized carbons (Fsp3) is 0.474. The largest absolute Gasteiger partial charge is 0.350 e. The quantitative estimate of drug-likeness (QED) is 0.690. The Balaban J connectivity index is 1.37. The molecule has 2 N–H and O–H groups in total. The van der Waals surface area contributed by atoms with Crippen molar-refractivity contribution in [3.8, 4) is 0 Å². The van der Waals surface area contributed by atoms with E-state index in [0.717, 1.165) is 49.3 Å². The maximum absolute atomic E-state index is 12.4. The topological polar surface area (TPSA) is 89.7 Å². The number of carbonyl (C=O) groups is 1. The Labute approximate surface area is 158 Å². The summed E-state index contributed by atoms with van der Waals surface area (Å²) in [7, 11) is 0. The molecule has 8 nitrogen and oxygen atoms in total. The van der Waals surface area contributed by atoms with Gasteiger partial charge in [-0.05, 0) is 45.0 Å². The van der Waals surface area contributed by atoms with E-state index in [1.807, 2.05) is 22.9 Å².